The third kappa shape index (κ3) is 6.81. The van der Waals surface area contributed by atoms with E-state index in [-0.39, 0.29) is 11.8 Å². The summed E-state index contributed by atoms with van der Waals surface area (Å²) in [5.74, 6) is 1.26. The van der Waals surface area contributed by atoms with Crippen LogP contribution < -0.4 is 14.9 Å². The lowest BCUT2D eigenvalue weighted by molar-refractivity contribution is 0.0955. The second kappa shape index (κ2) is 12.2. The summed E-state index contributed by atoms with van der Waals surface area (Å²) in [4.78, 5) is 12.6. The van der Waals surface area contributed by atoms with Gasteiger partial charge >= 0.3 is 0 Å². The second-order valence-electron chi connectivity index (χ2n) is 7.91. The van der Waals surface area contributed by atoms with Crippen molar-refractivity contribution >= 4 is 12.1 Å². The molecule has 0 heterocycles. The van der Waals surface area contributed by atoms with Gasteiger partial charge in [0, 0.05) is 17.7 Å². The van der Waals surface area contributed by atoms with Gasteiger partial charge in [-0.15, -0.1) is 0 Å². The van der Waals surface area contributed by atoms with E-state index in [0.717, 1.165) is 28.2 Å². The summed E-state index contributed by atoms with van der Waals surface area (Å²) in [6.45, 7) is 2.99. The van der Waals surface area contributed by atoms with Crippen LogP contribution in [0.3, 0.4) is 0 Å². The Labute approximate surface area is 206 Å². The molecule has 0 unspecified atom stereocenters. The van der Waals surface area contributed by atoms with Crippen molar-refractivity contribution in [1.29, 1.82) is 0 Å². The lowest BCUT2D eigenvalue weighted by Crippen LogP contribution is -2.18. The SMILES string of the molecule is CCOc1ccc(OCc2ccc(C(=O)N/N=C\C(c3ccccc3)c3ccccc3)cc2)cc1. The molecule has 5 heteroatoms. The van der Waals surface area contributed by atoms with Crippen molar-refractivity contribution in [3.05, 3.63) is 131 Å². The molecule has 4 rings (SSSR count). The molecule has 4 aromatic carbocycles. The number of nitrogens with one attached hydrogen (secondary N) is 1. The Morgan fingerprint density at radius 1 is 0.771 bits per heavy atom. The summed E-state index contributed by atoms with van der Waals surface area (Å²) >= 11 is 0. The molecular weight excluding hydrogens is 436 g/mol. The molecule has 4 aromatic rings. The molecule has 0 aromatic heterocycles. The summed E-state index contributed by atoms with van der Waals surface area (Å²) in [6.07, 6.45) is 1.77. The Morgan fingerprint density at radius 3 is 1.86 bits per heavy atom. The normalized spacial score (nSPS) is 10.9. The molecule has 5 nitrogen and oxygen atoms in total. The van der Waals surface area contributed by atoms with Gasteiger partial charge in [-0.1, -0.05) is 72.8 Å². The predicted octanol–water partition coefficient (Wildman–Crippen LogP) is 6.21. The Morgan fingerprint density at radius 2 is 1.31 bits per heavy atom. The highest BCUT2D eigenvalue weighted by Crippen LogP contribution is 2.22. The van der Waals surface area contributed by atoms with Crippen LogP contribution in [0.2, 0.25) is 0 Å². The summed E-state index contributed by atoms with van der Waals surface area (Å²) < 4.78 is 11.3. The fourth-order valence-corrected chi connectivity index (χ4v) is 3.64. The zero-order chi connectivity index (χ0) is 24.3. The molecule has 0 aliphatic rings. The minimum atomic E-state index is -0.264. The zero-order valence-corrected chi connectivity index (χ0v) is 19.6. The number of hydrogen-bond acceptors (Lipinski definition) is 4. The van der Waals surface area contributed by atoms with Crippen molar-refractivity contribution in [3.63, 3.8) is 0 Å². The molecular formula is C30H28N2O3. The van der Waals surface area contributed by atoms with Crippen molar-refractivity contribution in [2.75, 3.05) is 6.61 Å². The van der Waals surface area contributed by atoms with Crippen LogP contribution in [0, 0.1) is 0 Å². The lowest BCUT2D eigenvalue weighted by Gasteiger charge is -2.13. The van der Waals surface area contributed by atoms with Crippen LogP contribution in [-0.4, -0.2) is 18.7 Å². The molecule has 0 bridgehead atoms. The summed E-state index contributed by atoms with van der Waals surface area (Å²) in [6, 6.07) is 35.0. The lowest BCUT2D eigenvalue weighted by atomic mass is 9.92. The first-order valence-electron chi connectivity index (χ1n) is 11.6. The summed E-state index contributed by atoms with van der Waals surface area (Å²) in [5.41, 5.74) is 6.36. The van der Waals surface area contributed by atoms with Crippen LogP contribution in [0.5, 0.6) is 11.5 Å². The van der Waals surface area contributed by atoms with Crippen LogP contribution in [0.25, 0.3) is 0 Å². The van der Waals surface area contributed by atoms with Gasteiger partial charge in [0.2, 0.25) is 0 Å². The number of carbonyl (C=O) groups excluding carboxylic acids is 1. The van der Waals surface area contributed by atoms with Gasteiger partial charge in [-0.3, -0.25) is 4.79 Å². The highest BCUT2D eigenvalue weighted by molar-refractivity contribution is 5.94. The topological polar surface area (TPSA) is 59.9 Å². The maximum atomic E-state index is 12.6. The Kier molecular flexibility index (Phi) is 8.28. The number of carbonyl (C=O) groups is 1. The first-order valence-corrected chi connectivity index (χ1v) is 11.6. The molecule has 1 amide bonds. The van der Waals surface area contributed by atoms with E-state index in [9.17, 15) is 4.79 Å². The van der Waals surface area contributed by atoms with E-state index in [0.29, 0.717) is 18.8 Å². The van der Waals surface area contributed by atoms with Gasteiger partial charge in [0.05, 0.1) is 6.61 Å². The smallest absolute Gasteiger partial charge is 0.271 e. The zero-order valence-electron chi connectivity index (χ0n) is 19.6. The van der Waals surface area contributed by atoms with Crippen LogP contribution >= 0.6 is 0 Å². The number of nitrogens with zero attached hydrogens (tertiary/aromatic N) is 1. The van der Waals surface area contributed by atoms with E-state index >= 15 is 0 Å². The number of amides is 1. The average molecular weight is 465 g/mol. The molecule has 0 aliphatic carbocycles. The third-order valence-corrected chi connectivity index (χ3v) is 5.46. The van der Waals surface area contributed by atoms with Crippen LogP contribution in [0.1, 0.15) is 39.9 Å². The van der Waals surface area contributed by atoms with Gasteiger partial charge in [-0.05, 0) is 60.0 Å². The number of hydrazone groups is 1. The standard InChI is InChI=1S/C30H28N2O3/c1-2-34-27-17-19-28(20-18-27)35-22-23-13-15-26(16-14-23)30(33)32-31-21-29(24-9-5-3-6-10-24)25-11-7-4-8-12-25/h3-21,29H,2,22H2,1H3,(H,32,33)/b31-21-. The maximum absolute atomic E-state index is 12.6. The predicted molar refractivity (Wildman–Crippen MR) is 139 cm³/mol. The highest BCUT2D eigenvalue weighted by atomic mass is 16.5. The highest BCUT2D eigenvalue weighted by Gasteiger charge is 2.12. The minimum absolute atomic E-state index is 0.0557. The van der Waals surface area contributed by atoms with Crippen molar-refractivity contribution in [3.8, 4) is 11.5 Å². The number of rotatable bonds is 10. The fourth-order valence-electron chi connectivity index (χ4n) is 3.64. The Balaban J connectivity index is 1.34. The molecule has 0 atom stereocenters. The van der Waals surface area contributed by atoms with Crippen LogP contribution in [0.4, 0.5) is 0 Å². The summed E-state index contributed by atoms with van der Waals surface area (Å²) in [7, 11) is 0. The van der Waals surface area contributed by atoms with E-state index in [4.69, 9.17) is 9.47 Å². The number of hydrogen-bond donors (Lipinski definition) is 1. The number of benzene rings is 4. The van der Waals surface area contributed by atoms with E-state index in [1.54, 1.807) is 18.3 Å². The van der Waals surface area contributed by atoms with Crippen molar-refractivity contribution in [1.82, 2.24) is 5.43 Å². The van der Waals surface area contributed by atoms with E-state index in [2.05, 4.69) is 34.8 Å². The second-order valence-corrected chi connectivity index (χ2v) is 7.91. The molecule has 0 aliphatic heterocycles. The molecule has 0 fully saturated rings. The Hall–Kier alpha value is -4.38. The van der Waals surface area contributed by atoms with Gasteiger partial charge in [-0.25, -0.2) is 5.43 Å². The molecule has 0 saturated heterocycles. The average Bonchev–Trinajstić information content (AvgIpc) is 2.92. The molecule has 176 valence electrons. The molecule has 35 heavy (non-hydrogen) atoms. The first-order chi connectivity index (χ1) is 17.2. The van der Waals surface area contributed by atoms with E-state index in [1.165, 1.54) is 0 Å². The van der Waals surface area contributed by atoms with Gasteiger partial charge in [0.1, 0.15) is 18.1 Å². The third-order valence-electron chi connectivity index (χ3n) is 5.46. The van der Waals surface area contributed by atoms with Gasteiger partial charge in [-0.2, -0.15) is 5.10 Å². The van der Waals surface area contributed by atoms with Crippen molar-refractivity contribution in [2.24, 2.45) is 5.10 Å². The maximum Gasteiger partial charge on any atom is 0.271 e. The first kappa shape index (κ1) is 23.8. The van der Waals surface area contributed by atoms with E-state index in [1.807, 2.05) is 79.7 Å². The van der Waals surface area contributed by atoms with Crippen LogP contribution in [0.15, 0.2) is 114 Å². The quantitative estimate of drug-likeness (QED) is 0.224. The molecule has 1 N–H and O–H groups in total. The number of ether oxygens (including phenoxy) is 2. The molecule has 0 radical (unpaired) electrons. The molecule has 0 saturated carbocycles. The summed E-state index contributed by atoms with van der Waals surface area (Å²) in [5, 5.41) is 4.26. The largest absolute Gasteiger partial charge is 0.494 e. The van der Waals surface area contributed by atoms with Crippen LogP contribution in [-0.2, 0) is 6.61 Å². The minimum Gasteiger partial charge on any atom is -0.494 e. The molecule has 0 spiro atoms. The van der Waals surface area contributed by atoms with Gasteiger partial charge in [0.25, 0.3) is 5.91 Å². The van der Waals surface area contributed by atoms with Gasteiger partial charge in [0.15, 0.2) is 0 Å². The Bertz CT molecular complexity index is 1180. The van der Waals surface area contributed by atoms with Gasteiger partial charge < -0.3 is 9.47 Å². The van der Waals surface area contributed by atoms with E-state index < -0.39 is 0 Å². The van der Waals surface area contributed by atoms with Crippen molar-refractivity contribution in [2.45, 2.75) is 19.4 Å². The van der Waals surface area contributed by atoms with Crippen molar-refractivity contribution < 1.29 is 14.3 Å². The monoisotopic (exact) mass is 464 g/mol. The fraction of sp³-hybridized carbons (Fsp3) is 0.133.